The molecule has 1 N–H and O–H groups in total. The molecule has 0 radical (unpaired) electrons. The SMILES string of the molecule is COc1ccc([N+](=O)[O-])cc1CNc1cccc(Cl)c1Cl. The van der Waals surface area contributed by atoms with E-state index in [-0.39, 0.29) is 5.69 Å². The molecular weight excluding hydrogens is 315 g/mol. The number of rotatable bonds is 5. The van der Waals surface area contributed by atoms with Crippen molar-refractivity contribution in [2.24, 2.45) is 0 Å². The third kappa shape index (κ3) is 3.56. The van der Waals surface area contributed by atoms with Crippen LogP contribution in [0.15, 0.2) is 36.4 Å². The Morgan fingerprint density at radius 2 is 2.05 bits per heavy atom. The van der Waals surface area contributed by atoms with Gasteiger partial charge in [0.15, 0.2) is 0 Å². The van der Waals surface area contributed by atoms with Gasteiger partial charge in [0.25, 0.3) is 5.69 Å². The lowest BCUT2D eigenvalue weighted by atomic mass is 10.1. The average Bonchev–Trinajstić information content (AvgIpc) is 2.48. The maximum Gasteiger partial charge on any atom is 0.270 e. The van der Waals surface area contributed by atoms with Crippen molar-refractivity contribution < 1.29 is 9.66 Å². The minimum absolute atomic E-state index is 0.00444. The molecule has 0 bridgehead atoms. The van der Waals surface area contributed by atoms with E-state index in [4.69, 9.17) is 27.9 Å². The number of non-ortho nitro benzene ring substituents is 1. The lowest BCUT2D eigenvalue weighted by Gasteiger charge is -2.12. The van der Waals surface area contributed by atoms with E-state index < -0.39 is 4.92 Å². The Morgan fingerprint density at radius 3 is 2.71 bits per heavy atom. The van der Waals surface area contributed by atoms with Crippen LogP contribution in [0, 0.1) is 10.1 Å². The highest BCUT2D eigenvalue weighted by Gasteiger charge is 2.12. The minimum atomic E-state index is -0.449. The zero-order valence-corrected chi connectivity index (χ0v) is 12.6. The molecule has 2 rings (SSSR count). The van der Waals surface area contributed by atoms with Crippen LogP contribution in [0.4, 0.5) is 11.4 Å². The van der Waals surface area contributed by atoms with Gasteiger partial charge in [-0.15, -0.1) is 0 Å². The third-order valence-corrected chi connectivity index (χ3v) is 3.71. The maximum absolute atomic E-state index is 10.8. The fourth-order valence-electron chi connectivity index (χ4n) is 1.85. The number of methoxy groups -OCH3 is 1. The molecule has 0 aliphatic heterocycles. The molecule has 0 fully saturated rings. The quantitative estimate of drug-likeness (QED) is 0.648. The van der Waals surface area contributed by atoms with Crippen molar-refractivity contribution in [1.29, 1.82) is 0 Å². The number of anilines is 1. The van der Waals surface area contributed by atoms with Crippen LogP contribution in [0.2, 0.25) is 10.0 Å². The molecule has 2 aromatic rings. The molecule has 0 spiro atoms. The van der Waals surface area contributed by atoms with E-state index in [1.807, 2.05) is 0 Å². The summed E-state index contributed by atoms with van der Waals surface area (Å²) < 4.78 is 5.20. The zero-order chi connectivity index (χ0) is 15.4. The molecule has 21 heavy (non-hydrogen) atoms. The molecular formula is C14H12Cl2N2O3. The maximum atomic E-state index is 10.8. The molecule has 2 aromatic carbocycles. The molecule has 0 saturated heterocycles. The van der Waals surface area contributed by atoms with E-state index in [0.29, 0.717) is 33.6 Å². The number of nitrogens with one attached hydrogen (secondary N) is 1. The van der Waals surface area contributed by atoms with Gasteiger partial charge in [0.05, 0.1) is 27.8 Å². The first kappa shape index (κ1) is 15.4. The monoisotopic (exact) mass is 326 g/mol. The van der Waals surface area contributed by atoms with Gasteiger partial charge in [0, 0.05) is 24.2 Å². The van der Waals surface area contributed by atoms with Gasteiger partial charge in [-0.2, -0.15) is 0 Å². The second-order valence-electron chi connectivity index (χ2n) is 4.21. The largest absolute Gasteiger partial charge is 0.496 e. The van der Waals surface area contributed by atoms with Gasteiger partial charge < -0.3 is 10.1 Å². The first-order valence-electron chi connectivity index (χ1n) is 6.02. The molecule has 0 aliphatic rings. The topological polar surface area (TPSA) is 64.4 Å². The molecule has 0 aliphatic carbocycles. The van der Waals surface area contributed by atoms with E-state index in [0.717, 1.165) is 0 Å². The highest BCUT2D eigenvalue weighted by atomic mass is 35.5. The minimum Gasteiger partial charge on any atom is -0.496 e. The number of halogens is 2. The third-order valence-electron chi connectivity index (χ3n) is 2.90. The first-order chi connectivity index (χ1) is 10.0. The van der Waals surface area contributed by atoms with Crippen molar-refractivity contribution in [2.45, 2.75) is 6.54 Å². The zero-order valence-electron chi connectivity index (χ0n) is 11.1. The summed E-state index contributed by atoms with van der Waals surface area (Å²) in [6.07, 6.45) is 0. The molecule has 0 amide bonds. The molecule has 5 nitrogen and oxygen atoms in total. The van der Waals surface area contributed by atoms with Crippen LogP contribution >= 0.6 is 23.2 Å². The van der Waals surface area contributed by atoms with Crippen LogP contribution < -0.4 is 10.1 Å². The standard InChI is InChI=1S/C14H12Cl2N2O3/c1-21-13-6-5-10(18(19)20)7-9(13)8-17-12-4-2-3-11(15)14(12)16/h2-7,17H,8H2,1H3. The van der Waals surface area contributed by atoms with E-state index in [9.17, 15) is 10.1 Å². The highest BCUT2D eigenvalue weighted by Crippen LogP contribution is 2.31. The Labute approximate surface area is 131 Å². The van der Waals surface area contributed by atoms with Gasteiger partial charge in [0.2, 0.25) is 0 Å². The average molecular weight is 327 g/mol. The Morgan fingerprint density at radius 1 is 1.29 bits per heavy atom. The molecule has 0 aromatic heterocycles. The van der Waals surface area contributed by atoms with Gasteiger partial charge in [-0.05, 0) is 18.2 Å². The normalized spacial score (nSPS) is 10.2. The smallest absolute Gasteiger partial charge is 0.270 e. The fourth-order valence-corrected chi connectivity index (χ4v) is 2.21. The summed E-state index contributed by atoms with van der Waals surface area (Å²) >= 11 is 12.0. The summed E-state index contributed by atoms with van der Waals surface area (Å²) in [7, 11) is 1.51. The first-order valence-corrected chi connectivity index (χ1v) is 6.77. The second-order valence-corrected chi connectivity index (χ2v) is 4.99. The van der Waals surface area contributed by atoms with E-state index in [1.165, 1.54) is 19.2 Å². The lowest BCUT2D eigenvalue weighted by Crippen LogP contribution is -2.03. The fraction of sp³-hybridized carbons (Fsp3) is 0.143. The van der Waals surface area contributed by atoms with Crippen molar-refractivity contribution in [2.75, 3.05) is 12.4 Å². The number of nitrogens with zero attached hydrogens (tertiary/aromatic N) is 1. The van der Waals surface area contributed by atoms with Gasteiger partial charge in [-0.3, -0.25) is 10.1 Å². The van der Waals surface area contributed by atoms with Crippen molar-refractivity contribution >= 4 is 34.6 Å². The lowest BCUT2D eigenvalue weighted by molar-refractivity contribution is -0.384. The molecule has 0 atom stereocenters. The molecule has 110 valence electrons. The molecule has 7 heteroatoms. The van der Waals surface area contributed by atoms with Crippen molar-refractivity contribution in [1.82, 2.24) is 0 Å². The van der Waals surface area contributed by atoms with Crippen LogP contribution in [0.5, 0.6) is 5.75 Å². The number of nitro benzene ring substituents is 1. The predicted molar refractivity (Wildman–Crippen MR) is 83.4 cm³/mol. The summed E-state index contributed by atoms with van der Waals surface area (Å²) in [5, 5.41) is 14.8. The molecule has 0 saturated carbocycles. The van der Waals surface area contributed by atoms with Gasteiger partial charge >= 0.3 is 0 Å². The Kier molecular flexibility index (Phi) is 4.88. The Bertz CT molecular complexity index is 677. The van der Waals surface area contributed by atoms with Crippen LogP contribution in [0.1, 0.15) is 5.56 Å². The van der Waals surface area contributed by atoms with Crippen molar-refractivity contribution in [3.05, 3.63) is 62.1 Å². The van der Waals surface area contributed by atoms with Gasteiger partial charge in [-0.1, -0.05) is 29.3 Å². The Balaban J connectivity index is 2.24. The highest BCUT2D eigenvalue weighted by molar-refractivity contribution is 6.43. The van der Waals surface area contributed by atoms with E-state index in [1.54, 1.807) is 24.3 Å². The summed E-state index contributed by atoms with van der Waals surface area (Å²) in [5.74, 6) is 0.561. The van der Waals surface area contributed by atoms with Crippen LogP contribution in [-0.4, -0.2) is 12.0 Å². The number of nitro groups is 1. The van der Waals surface area contributed by atoms with Gasteiger partial charge in [-0.25, -0.2) is 0 Å². The number of ether oxygens (including phenoxy) is 1. The number of hydrogen-bond acceptors (Lipinski definition) is 4. The molecule has 0 heterocycles. The van der Waals surface area contributed by atoms with E-state index in [2.05, 4.69) is 5.32 Å². The molecule has 0 unspecified atom stereocenters. The predicted octanol–water partition coefficient (Wildman–Crippen LogP) is 4.52. The summed E-state index contributed by atoms with van der Waals surface area (Å²) in [6, 6.07) is 9.65. The number of benzene rings is 2. The van der Waals surface area contributed by atoms with E-state index >= 15 is 0 Å². The summed E-state index contributed by atoms with van der Waals surface area (Å²) in [6.45, 7) is 0.324. The summed E-state index contributed by atoms with van der Waals surface area (Å²) in [5.41, 5.74) is 1.31. The van der Waals surface area contributed by atoms with Gasteiger partial charge in [0.1, 0.15) is 5.75 Å². The van der Waals surface area contributed by atoms with Crippen LogP contribution in [0.25, 0.3) is 0 Å². The Hall–Kier alpha value is -1.98. The van der Waals surface area contributed by atoms with Crippen LogP contribution in [-0.2, 0) is 6.54 Å². The van der Waals surface area contributed by atoms with Crippen molar-refractivity contribution in [3.63, 3.8) is 0 Å². The summed E-state index contributed by atoms with van der Waals surface area (Å²) in [4.78, 5) is 10.4. The van der Waals surface area contributed by atoms with Crippen molar-refractivity contribution in [3.8, 4) is 5.75 Å². The van der Waals surface area contributed by atoms with Crippen LogP contribution in [0.3, 0.4) is 0 Å². The second kappa shape index (κ2) is 6.65. The number of hydrogen-bond donors (Lipinski definition) is 1.